The van der Waals surface area contributed by atoms with Crippen molar-refractivity contribution in [3.63, 3.8) is 0 Å². The smallest absolute Gasteiger partial charge is 0.154 e. The summed E-state index contributed by atoms with van der Waals surface area (Å²) < 4.78 is 1.99. The number of hydrogen-bond donors (Lipinski definition) is 0. The van der Waals surface area contributed by atoms with E-state index in [1.165, 1.54) is 38.8 Å². The van der Waals surface area contributed by atoms with Crippen LogP contribution >= 0.6 is 0 Å². The van der Waals surface area contributed by atoms with Gasteiger partial charge >= 0.3 is 0 Å². The molecule has 2 aliphatic rings. The van der Waals surface area contributed by atoms with E-state index < -0.39 is 0 Å². The van der Waals surface area contributed by atoms with E-state index in [-0.39, 0.29) is 0 Å². The molecule has 4 rings (SSSR count). The Labute approximate surface area is 118 Å². The highest BCUT2D eigenvalue weighted by Crippen LogP contribution is 2.38. The Morgan fingerprint density at radius 1 is 1.20 bits per heavy atom. The lowest BCUT2D eigenvalue weighted by molar-refractivity contribution is 0.319. The molecule has 0 radical (unpaired) electrons. The van der Waals surface area contributed by atoms with Crippen LogP contribution in [0.5, 0.6) is 0 Å². The Balaban J connectivity index is 1.67. The molecule has 2 fully saturated rings. The summed E-state index contributed by atoms with van der Waals surface area (Å²) in [6.45, 7) is 3.26. The van der Waals surface area contributed by atoms with E-state index in [2.05, 4.69) is 9.88 Å². The van der Waals surface area contributed by atoms with Gasteiger partial charge in [-0.25, -0.2) is 9.67 Å². The fourth-order valence-corrected chi connectivity index (χ4v) is 2.81. The van der Waals surface area contributed by atoms with E-state index in [1.807, 2.05) is 23.0 Å². The Morgan fingerprint density at radius 3 is 2.75 bits per heavy atom. The van der Waals surface area contributed by atoms with Crippen LogP contribution in [0.25, 0.3) is 5.69 Å². The number of rotatable bonds is 4. The van der Waals surface area contributed by atoms with Gasteiger partial charge in [0.15, 0.2) is 5.82 Å². The van der Waals surface area contributed by atoms with Crippen LogP contribution in [0.2, 0.25) is 0 Å². The maximum atomic E-state index is 4.79. The second-order valence-electron chi connectivity index (χ2n) is 5.77. The maximum absolute atomic E-state index is 4.79. The highest BCUT2D eigenvalue weighted by Gasteiger charge is 2.29. The molecule has 1 saturated heterocycles. The van der Waals surface area contributed by atoms with Crippen LogP contribution in [0.15, 0.2) is 24.5 Å². The van der Waals surface area contributed by atoms with Crippen molar-refractivity contribution in [2.24, 2.45) is 0 Å². The number of nitrogens with zero attached hydrogens (tertiary/aromatic N) is 5. The Kier molecular flexibility index (Phi) is 2.99. The molecule has 0 amide bonds. The van der Waals surface area contributed by atoms with Crippen LogP contribution in [0.3, 0.4) is 0 Å². The lowest BCUT2D eigenvalue weighted by Gasteiger charge is -2.14. The molecule has 0 bridgehead atoms. The molecule has 104 valence electrons. The normalized spacial score (nSPS) is 19.6. The van der Waals surface area contributed by atoms with Gasteiger partial charge in [0, 0.05) is 12.1 Å². The number of aromatic nitrogens is 4. The van der Waals surface area contributed by atoms with Crippen molar-refractivity contribution < 1.29 is 0 Å². The van der Waals surface area contributed by atoms with Gasteiger partial charge in [-0.3, -0.25) is 9.88 Å². The molecule has 1 saturated carbocycles. The summed E-state index contributed by atoms with van der Waals surface area (Å²) in [5.41, 5.74) is 1.01. The largest absolute Gasteiger partial charge is 0.296 e. The molecule has 0 aromatic carbocycles. The average molecular weight is 269 g/mol. The number of hydrogen-bond acceptors (Lipinski definition) is 4. The highest BCUT2D eigenvalue weighted by atomic mass is 15.4. The Hall–Kier alpha value is -1.75. The van der Waals surface area contributed by atoms with Crippen LogP contribution < -0.4 is 0 Å². The third kappa shape index (κ3) is 2.33. The third-order valence-corrected chi connectivity index (χ3v) is 4.09. The molecular formula is C15H19N5. The SMILES string of the molecule is c1cncc(-n2nc(C3CC3)nc2CN2CCCC2)c1. The summed E-state index contributed by atoms with van der Waals surface area (Å²) in [6.07, 6.45) is 8.73. The molecule has 1 aliphatic heterocycles. The third-order valence-electron chi connectivity index (χ3n) is 4.09. The lowest BCUT2D eigenvalue weighted by atomic mass is 10.4. The molecule has 0 atom stereocenters. The first-order valence-corrected chi connectivity index (χ1v) is 7.49. The molecule has 2 aromatic heterocycles. The van der Waals surface area contributed by atoms with Crippen LogP contribution in [0, 0.1) is 0 Å². The molecule has 0 unspecified atom stereocenters. The molecule has 0 N–H and O–H groups in total. The average Bonchev–Trinajstić information content (AvgIpc) is 3.06. The van der Waals surface area contributed by atoms with E-state index in [0.29, 0.717) is 5.92 Å². The maximum Gasteiger partial charge on any atom is 0.154 e. The first-order valence-electron chi connectivity index (χ1n) is 7.49. The van der Waals surface area contributed by atoms with Gasteiger partial charge in [0.05, 0.1) is 18.4 Å². The predicted molar refractivity (Wildman–Crippen MR) is 75.6 cm³/mol. The number of pyridine rings is 1. The van der Waals surface area contributed by atoms with Gasteiger partial charge in [-0.1, -0.05) is 0 Å². The van der Waals surface area contributed by atoms with Gasteiger partial charge in [0.2, 0.25) is 0 Å². The van der Waals surface area contributed by atoms with E-state index >= 15 is 0 Å². The summed E-state index contributed by atoms with van der Waals surface area (Å²) in [7, 11) is 0. The fraction of sp³-hybridized carbons (Fsp3) is 0.533. The van der Waals surface area contributed by atoms with Crippen molar-refractivity contribution in [1.29, 1.82) is 0 Å². The molecule has 2 aromatic rings. The van der Waals surface area contributed by atoms with Crippen molar-refractivity contribution in [3.05, 3.63) is 36.2 Å². The predicted octanol–water partition coefficient (Wildman–Crippen LogP) is 2.14. The summed E-state index contributed by atoms with van der Waals surface area (Å²) in [5, 5.41) is 4.72. The fourth-order valence-electron chi connectivity index (χ4n) is 2.81. The van der Waals surface area contributed by atoms with Crippen LogP contribution in [0.4, 0.5) is 0 Å². The molecular weight excluding hydrogens is 250 g/mol. The minimum absolute atomic E-state index is 0.588. The minimum atomic E-state index is 0.588. The lowest BCUT2D eigenvalue weighted by Crippen LogP contribution is -2.21. The first-order chi connectivity index (χ1) is 9.90. The van der Waals surface area contributed by atoms with Crippen molar-refractivity contribution in [1.82, 2.24) is 24.6 Å². The highest BCUT2D eigenvalue weighted by molar-refractivity contribution is 5.28. The van der Waals surface area contributed by atoms with Crippen LogP contribution in [-0.2, 0) is 6.54 Å². The van der Waals surface area contributed by atoms with E-state index in [1.54, 1.807) is 6.20 Å². The van der Waals surface area contributed by atoms with Gasteiger partial charge < -0.3 is 0 Å². The van der Waals surface area contributed by atoms with E-state index in [4.69, 9.17) is 10.1 Å². The van der Waals surface area contributed by atoms with Gasteiger partial charge in [-0.05, 0) is 50.9 Å². The molecule has 3 heterocycles. The Bertz CT molecular complexity index is 582. The zero-order valence-corrected chi connectivity index (χ0v) is 11.6. The monoisotopic (exact) mass is 269 g/mol. The van der Waals surface area contributed by atoms with E-state index in [0.717, 1.165) is 23.9 Å². The van der Waals surface area contributed by atoms with Crippen molar-refractivity contribution in [2.45, 2.75) is 38.1 Å². The van der Waals surface area contributed by atoms with Crippen molar-refractivity contribution in [2.75, 3.05) is 13.1 Å². The van der Waals surface area contributed by atoms with Crippen LogP contribution in [0.1, 0.15) is 43.3 Å². The second-order valence-corrected chi connectivity index (χ2v) is 5.77. The first kappa shape index (κ1) is 12.0. The summed E-state index contributed by atoms with van der Waals surface area (Å²) in [5.74, 6) is 2.66. The quantitative estimate of drug-likeness (QED) is 0.853. The number of likely N-dealkylation sites (tertiary alicyclic amines) is 1. The molecule has 20 heavy (non-hydrogen) atoms. The minimum Gasteiger partial charge on any atom is -0.296 e. The summed E-state index contributed by atoms with van der Waals surface area (Å²) in [4.78, 5) is 11.5. The topological polar surface area (TPSA) is 46.8 Å². The molecule has 0 spiro atoms. The van der Waals surface area contributed by atoms with Crippen molar-refractivity contribution in [3.8, 4) is 5.69 Å². The summed E-state index contributed by atoms with van der Waals surface area (Å²) in [6, 6.07) is 4.00. The summed E-state index contributed by atoms with van der Waals surface area (Å²) >= 11 is 0. The zero-order chi connectivity index (χ0) is 13.4. The van der Waals surface area contributed by atoms with Crippen LogP contribution in [-0.4, -0.2) is 37.7 Å². The standard InChI is InChI=1S/C15H19N5/c1-2-9-19(8-1)11-14-17-15(12-5-6-12)18-20(14)13-4-3-7-16-10-13/h3-4,7,10,12H,1-2,5-6,8-9,11H2. The molecule has 5 nitrogen and oxygen atoms in total. The molecule has 5 heteroatoms. The van der Waals surface area contributed by atoms with Gasteiger partial charge in [-0.15, -0.1) is 0 Å². The van der Waals surface area contributed by atoms with Crippen molar-refractivity contribution >= 4 is 0 Å². The van der Waals surface area contributed by atoms with Gasteiger partial charge in [-0.2, -0.15) is 5.10 Å². The van der Waals surface area contributed by atoms with E-state index in [9.17, 15) is 0 Å². The Morgan fingerprint density at radius 2 is 2.05 bits per heavy atom. The molecule has 1 aliphatic carbocycles. The van der Waals surface area contributed by atoms with Gasteiger partial charge in [0.1, 0.15) is 5.82 Å². The van der Waals surface area contributed by atoms with Gasteiger partial charge in [0.25, 0.3) is 0 Å². The second kappa shape index (κ2) is 4.98. The zero-order valence-electron chi connectivity index (χ0n) is 11.6.